The molecule has 0 aliphatic carbocycles. The summed E-state index contributed by atoms with van der Waals surface area (Å²) in [7, 11) is 0. The van der Waals surface area contributed by atoms with Crippen molar-refractivity contribution in [2.24, 2.45) is 10.7 Å². The number of ether oxygens (including phenoxy) is 1. The van der Waals surface area contributed by atoms with E-state index in [9.17, 15) is 4.79 Å². The van der Waals surface area contributed by atoms with Crippen LogP contribution in [0.1, 0.15) is 25.3 Å². The Balaban J connectivity index is 1.45. The van der Waals surface area contributed by atoms with Gasteiger partial charge in [-0.15, -0.1) is 0 Å². The smallest absolute Gasteiger partial charge is 0.409 e. The van der Waals surface area contributed by atoms with Crippen molar-refractivity contribution in [2.75, 3.05) is 19.7 Å². The van der Waals surface area contributed by atoms with Crippen molar-refractivity contribution in [3.63, 3.8) is 0 Å². The van der Waals surface area contributed by atoms with Crippen LogP contribution in [0.4, 0.5) is 4.79 Å². The first-order chi connectivity index (χ1) is 13.2. The molecule has 3 rings (SSSR count). The summed E-state index contributed by atoms with van der Waals surface area (Å²) in [6, 6.07) is 10.2. The zero-order chi connectivity index (χ0) is 19.1. The molecule has 1 saturated heterocycles. The number of rotatable bonds is 5. The lowest BCUT2D eigenvalue weighted by atomic mass is 10.1. The Labute approximate surface area is 159 Å². The van der Waals surface area contributed by atoms with Gasteiger partial charge < -0.3 is 20.7 Å². The fourth-order valence-corrected chi connectivity index (χ4v) is 3.03. The highest BCUT2D eigenvalue weighted by Gasteiger charge is 2.23. The van der Waals surface area contributed by atoms with E-state index in [1.807, 2.05) is 48.1 Å². The van der Waals surface area contributed by atoms with Gasteiger partial charge in [0.05, 0.1) is 18.8 Å². The summed E-state index contributed by atoms with van der Waals surface area (Å²) < 4.78 is 6.84. The number of nitrogens with zero attached hydrogens (tertiary/aromatic N) is 4. The minimum atomic E-state index is -0.240. The van der Waals surface area contributed by atoms with Crippen LogP contribution in [0.5, 0.6) is 0 Å². The van der Waals surface area contributed by atoms with Crippen molar-refractivity contribution in [3.05, 3.63) is 48.3 Å². The number of nitrogens with two attached hydrogens (primary N) is 1. The van der Waals surface area contributed by atoms with Crippen LogP contribution >= 0.6 is 0 Å². The van der Waals surface area contributed by atoms with Crippen molar-refractivity contribution >= 4 is 12.1 Å². The highest BCUT2D eigenvalue weighted by molar-refractivity contribution is 5.78. The molecule has 1 fully saturated rings. The summed E-state index contributed by atoms with van der Waals surface area (Å²) in [5.74, 6) is 0.431. The minimum Gasteiger partial charge on any atom is -0.450 e. The Bertz CT molecular complexity index is 749. The van der Waals surface area contributed by atoms with E-state index >= 15 is 0 Å². The summed E-state index contributed by atoms with van der Waals surface area (Å²) in [6.07, 6.45) is 5.07. The van der Waals surface area contributed by atoms with Crippen LogP contribution in [-0.2, 0) is 11.3 Å². The summed E-state index contributed by atoms with van der Waals surface area (Å²) in [4.78, 5) is 17.9. The molecular weight excluding hydrogens is 344 g/mol. The highest BCUT2D eigenvalue weighted by atomic mass is 16.6. The topological polar surface area (TPSA) is 97.8 Å². The standard InChI is InChI=1S/C19H26N6O2/c1-2-27-19(26)24-12-8-16(9-13-24)23-18(20)21-14-15-4-6-17(7-5-15)25-11-3-10-22-25/h3-7,10-11,16H,2,8-9,12-14H2,1H3,(H3,20,21,23). The van der Waals surface area contributed by atoms with E-state index in [0.29, 0.717) is 32.2 Å². The fourth-order valence-electron chi connectivity index (χ4n) is 3.03. The number of hydrogen-bond donors (Lipinski definition) is 2. The molecule has 1 aliphatic rings. The normalized spacial score (nSPS) is 15.6. The number of aliphatic imine (C=N–C) groups is 1. The van der Waals surface area contributed by atoms with Gasteiger partial charge in [0, 0.05) is 31.5 Å². The first kappa shape index (κ1) is 18.8. The highest BCUT2D eigenvalue weighted by Crippen LogP contribution is 2.12. The summed E-state index contributed by atoms with van der Waals surface area (Å²) in [5.41, 5.74) is 8.10. The van der Waals surface area contributed by atoms with E-state index in [1.165, 1.54) is 0 Å². The first-order valence-corrected chi connectivity index (χ1v) is 9.23. The number of carbonyl (C=O) groups is 1. The lowest BCUT2D eigenvalue weighted by Crippen LogP contribution is -2.48. The SMILES string of the molecule is CCOC(=O)N1CCC(NC(N)=NCc2ccc(-n3cccn3)cc2)CC1. The number of piperidine rings is 1. The Morgan fingerprint density at radius 3 is 2.70 bits per heavy atom. The third-order valence-electron chi connectivity index (χ3n) is 4.51. The zero-order valence-corrected chi connectivity index (χ0v) is 15.5. The number of likely N-dealkylation sites (tertiary alicyclic amines) is 1. The van der Waals surface area contributed by atoms with Crippen molar-refractivity contribution in [1.82, 2.24) is 20.0 Å². The molecule has 1 amide bonds. The van der Waals surface area contributed by atoms with Crippen molar-refractivity contribution < 1.29 is 9.53 Å². The largest absolute Gasteiger partial charge is 0.450 e. The van der Waals surface area contributed by atoms with Gasteiger partial charge in [0.1, 0.15) is 0 Å². The van der Waals surface area contributed by atoms with Crippen molar-refractivity contribution in [2.45, 2.75) is 32.4 Å². The first-order valence-electron chi connectivity index (χ1n) is 9.23. The predicted molar refractivity (Wildman–Crippen MR) is 104 cm³/mol. The molecule has 2 heterocycles. The maximum Gasteiger partial charge on any atom is 0.409 e. The average molecular weight is 370 g/mol. The number of amides is 1. The molecule has 8 heteroatoms. The predicted octanol–water partition coefficient (Wildman–Crippen LogP) is 1.90. The molecular formula is C19H26N6O2. The van der Waals surface area contributed by atoms with E-state index < -0.39 is 0 Å². The van der Waals surface area contributed by atoms with E-state index in [0.717, 1.165) is 24.1 Å². The number of carbonyl (C=O) groups excluding carboxylic acids is 1. The Hall–Kier alpha value is -3.03. The number of nitrogens with one attached hydrogen (secondary N) is 1. The van der Waals surface area contributed by atoms with Gasteiger partial charge in [-0.1, -0.05) is 12.1 Å². The molecule has 27 heavy (non-hydrogen) atoms. The maximum atomic E-state index is 11.7. The van der Waals surface area contributed by atoms with Crippen LogP contribution in [0.3, 0.4) is 0 Å². The zero-order valence-electron chi connectivity index (χ0n) is 15.5. The summed E-state index contributed by atoms with van der Waals surface area (Å²) in [5, 5.41) is 7.46. The second-order valence-corrected chi connectivity index (χ2v) is 6.42. The lowest BCUT2D eigenvalue weighted by Gasteiger charge is -2.31. The lowest BCUT2D eigenvalue weighted by molar-refractivity contribution is 0.0963. The number of guanidine groups is 1. The number of aromatic nitrogens is 2. The van der Waals surface area contributed by atoms with Crippen LogP contribution in [-0.4, -0.2) is 52.5 Å². The van der Waals surface area contributed by atoms with Gasteiger partial charge in [0.2, 0.25) is 0 Å². The van der Waals surface area contributed by atoms with Gasteiger partial charge in [-0.05, 0) is 43.5 Å². The molecule has 1 aromatic carbocycles. The van der Waals surface area contributed by atoms with Gasteiger partial charge in [-0.2, -0.15) is 5.10 Å². The molecule has 2 aromatic rings. The summed E-state index contributed by atoms with van der Waals surface area (Å²) >= 11 is 0. The van der Waals surface area contributed by atoms with Gasteiger partial charge >= 0.3 is 6.09 Å². The quantitative estimate of drug-likeness (QED) is 0.619. The van der Waals surface area contributed by atoms with Gasteiger partial charge in [-0.25, -0.2) is 14.5 Å². The molecule has 0 bridgehead atoms. The van der Waals surface area contributed by atoms with Crippen LogP contribution in [0.15, 0.2) is 47.7 Å². The molecule has 0 saturated carbocycles. The number of benzene rings is 1. The van der Waals surface area contributed by atoms with Gasteiger partial charge in [-0.3, -0.25) is 0 Å². The summed E-state index contributed by atoms with van der Waals surface area (Å²) in [6.45, 7) is 4.06. The molecule has 0 atom stereocenters. The second kappa shape index (κ2) is 9.07. The minimum absolute atomic E-state index is 0.224. The van der Waals surface area contributed by atoms with Crippen molar-refractivity contribution in [1.29, 1.82) is 0 Å². The monoisotopic (exact) mass is 370 g/mol. The van der Waals surface area contributed by atoms with Crippen LogP contribution in [0.2, 0.25) is 0 Å². The Morgan fingerprint density at radius 2 is 2.07 bits per heavy atom. The third-order valence-corrected chi connectivity index (χ3v) is 4.51. The van der Waals surface area contributed by atoms with E-state index in [4.69, 9.17) is 10.5 Å². The van der Waals surface area contributed by atoms with Gasteiger partial charge in [0.15, 0.2) is 5.96 Å². The molecule has 1 aromatic heterocycles. The van der Waals surface area contributed by atoms with E-state index in [1.54, 1.807) is 11.1 Å². The molecule has 3 N–H and O–H groups in total. The Kier molecular flexibility index (Phi) is 6.30. The maximum absolute atomic E-state index is 11.7. The van der Waals surface area contributed by atoms with Gasteiger partial charge in [0.25, 0.3) is 0 Å². The third kappa shape index (κ3) is 5.22. The molecule has 144 valence electrons. The van der Waals surface area contributed by atoms with E-state index in [-0.39, 0.29) is 12.1 Å². The fraction of sp³-hybridized carbons (Fsp3) is 0.421. The number of hydrogen-bond acceptors (Lipinski definition) is 4. The second-order valence-electron chi connectivity index (χ2n) is 6.42. The van der Waals surface area contributed by atoms with Crippen LogP contribution in [0, 0.1) is 0 Å². The Morgan fingerprint density at radius 1 is 1.33 bits per heavy atom. The van der Waals surface area contributed by atoms with E-state index in [2.05, 4.69) is 15.4 Å². The molecule has 0 radical (unpaired) electrons. The molecule has 0 spiro atoms. The molecule has 8 nitrogen and oxygen atoms in total. The molecule has 1 aliphatic heterocycles. The molecule has 0 unspecified atom stereocenters. The van der Waals surface area contributed by atoms with Crippen LogP contribution in [0.25, 0.3) is 5.69 Å². The van der Waals surface area contributed by atoms with Crippen molar-refractivity contribution in [3.8, 4) is 5.69 Å². The van der Waals surface area contributed by atoms with Crippen LogP contribution < -0.4 is 11.1 Å². The average Bonchev–Trinajstić information content (AvgIpc) is 3.22.